The van der Waals surface area contributed by atoms with Crippen LogP contribution in [0.3, 0.4) is 0 Å². The summed E-state index contributed by atoms with van der Waals surface area (Å²) in [5.41, 5.74) is 1.65. The lowest BCUT2D eigenvalue weighted by Crippen LogP contribution is -2.32. The van der Waals surface area contributed by atoms with Crippen LogP contribution in [-0.2, 0) is 11.3 Å². The van der Waals surface area contributed by atoms with Crippen LogP contribution in [0.1, 0.15) is 33.3 Å². The molecule has 0 fully saturated rings. The lowest BCUT2D eigenvalue weighted by Gasteiger charge is -2.25. The van der Waals surface area contributed by atoms with E-state index < -0.39 is 23.2 Å². The number of fused-ring (bicyclic) bond motifs is 2. The van der Waals surface area contributed by atoms with E-state index in [0.29, 0.717) is 17.9 Å². The Morgan fingerprint density at radius 3 is 2.62 bits per heavy atom. The maximum absolute atomic E-state index is 13.9. The van der Waals surface area contributed by atoms with Gasteiger partial charge in [0.05, 0.1) is 23.6 Å². The molecule has 0 aliphatic carbocycles. The van der Waals surface area contributed by atoms with Crippen LogP contribution in [0, 0.1) is 5.82 Å². The highest BCUT2D eigenvalue weighted by atomic mass is 19.1. The van der Waals surface area contributed by atoms with Crippen LogP contribution in [0.2, 0.25) is 0 Å². The minimum absolute atomic E-state index is 0.0270. The highest BCUT2D eigenvalue weighted by molar-refractivity contribution is 5.99. The lowest BCUT2D eigenvalue weighted by molar-refractivity contribution is 0.0663. The molecule has 1 unspecified atom stereocenters. The number of ether oxygens (including phenoxy) is 2. The average Bonchev–Trinajstić information content (AvgIpc) is 3.14. The molecule has 0 saturated heterocycles. The summed E-state index contributed by atoms with van der Waals surface area (Å²) in [4.78, 5) is 28.3. The first kappa shape index (κ1) is 21.9. The number of hydrogen-bond acceptors (Lipinski definition) is 5. The van der Waals surface area contributed by atoms with E-state index in [0.717, 1.165) is 11.6 Å². The van der Waals surface area contributed by atoms with Gasteiger partial charge >= 0.3 is 0 Å². The first-order valence-corrected chi connectivity index (χ1v) is 10.9. The number of rotatable bonds is 7. The summed E-state index contributed by atoms with van der Waals surface area (Å²) >= 11 is 0. The molecule has 172 valence electrons. The van der Waals surface area contributed by atoms with Crippen LogP contribution in [0.15, 0.2) is 82.0 Å². The van der Waals surface area contributed by atoms with Crippen molar-refractivity contribution >= 4 is 16.9 Å². The maximum Gasteiger partial charge on any atom is 0.290 e. The Morgan fingerprint density at radius 1 is 1.00 bits per heavy atom. The molecule has 3 aromatic carbocycles. The molecular formula is C27H22FNO5. The average molecular weight is 459 g/mol. The molecule has 5 rings (SSSR count). The van der Waals surface area contributed by atoms with Crippen molar-refractivity contribution in [3.05, 3.63) is 111 Å². The Labute approximate surface area is 195 Å². The van der Waals surface area contributed by atoms with Gasteiger partial charge < -0.3 is 18.8 Å². The maximum atomic E-state index is 13.9. The summed E-state index contributed by atoms with van der Waals surface area (Å²) in [6.45, 7) is 0.913. The molecular weight excluding hydrogens is 437 g/mol. The second kappa shape index (κ2) is 9.11. The first-order valence-electron chi connectivity index (χ1n) is 10.9. The molecule has 6 nitrogen and oxygen atoms in total. The summed E-state index contributed by atoms with van der Waals surface area (Å²) in [5, 5.41) is 0.0987. The topological polar surface area (TPSA) is 69.0 Å². The molecule has 0 spiro atoms. The third-order valence-electron chi connectivity index (χ3n) is 5.89. The van der Waals surface area contributed by atoms with Gasteiger partial charge in [-0.05, 0) is 41.5 Å². The van der Waals surface area contributed by atoms with Crippen LogP contribution >= 0.6 is 0 Å². The van der Waals surface area contributed by atoms with E-state index in [2.05, 4.69) is 0 Å². The van der Waals surface area contributed by atoms with Crippen LogP contribution in [0.5, 0.6) is 5.75 Å². The van der Waals surface area contributed by atoms with Crippen molar-refractivity contribution in [1.29, 1.82) is 0 Å². The number of nitrogens with zero attached hydrogens (tertiary/aromatic N) is 1. The van der Waals surface area contributed by atoms with Crippen LogP contribution in [0.25, 0.3) is 11.0 Å². The Balaban J connectivity index is 1.58. The van der Waals surface area contributed by atoms with E-state index in [1.807, 2.05) is 54.6 Å². The van der Waals surface area contributed by atoms with E-state index >= 15 is 0 Å². The van der Waals surface area contributed by atoms with Crippen LogP contribution < -0.4 is 10.2 Å². The van der Waals surface area contributed by atoms with Crippen molar-refractivity contribution in [3.8, 4) is 5.75 Å². The van der Waals surface area contributed by atoms with Gasteiger partial charge in [0, 0.05) is 13.7 Å². The molecule has 2 heterocycles. The van der Waals surface area contributed by atoms with E-state index in [1.54, 1.807) is 12.0 Å². The van der Waals surface area contributed by atoms with Crippen molar-refractivity contribution in [2.24, 2.45) is 0 Å². The second-order valence-corrected chi connectivity index (χ2v) is 8.06. The molecule has 0 saturated carbocycles. The summed E-state index contributed by atoms with van der Waals surface area (Å²) < 4.78 is 30.9. The summed E-state index contributed by atoms with van der Waals surface area (Å²) in [6, 6.07) is 20.0. The highest BCUT2D eigenvalue weighted by Gasteiger charge is 2.42. The van der Waals surface area contributed by atoms with E-state index in [-0.39, 0.29) is 35.4 Å². The summed E-state index contributed by atoms with van der Waals surface area (Å²) in [6.07, 6.45) is 0. The Bertz CT molecular complexity index is 1420. The van der Waals surface area contributed by atoms with Gasteiger partial charge in [0.1, 0.15) is 23.8 Å². The Kier molecular flexibility index (Phi) is 5.86. The molecule has 34 heavy (non-hydrogen) atoms. The van der Waals surface area contributed by atoms with Gasteiger partial charge in [-0.3, -0.25) is 9.59 Å². The van der Waals surface area contributed by atoms with Crippen molar-refractivity contribution in [2.45, 2.75) is 12.6 Å². The van der Waals surface area contributed by atoms with E-state index in [1.165, 1.54) is 12.1 Å². The fraction of sp³-hybridized carbons (Fsp3) is 0.185. The second-order valence-electron chi connectivity index (χ2n) is 8.06. The summed E-state index contributed by atoms with van der Waals surface area (Å²) in [5.74, 6) is -0.380. The SMILES string of the molecule is COCCN1C(=O)c2oc3ccc(F)cc3c(=O)c2C1c1cccc(OCc2ccccc2)c1. The van der Waals surface area contributed by atoms with Gasteiger partial charge in [-0.1, -0.05) is 42.5 Å². The minimum atomic E-state index is -0.707. The van der Waals surface area contributed by atoms with Crippen LogP contribution in [0.4, 0.5) is 4.39 Å². The monoisotopic (exact) mass is 459 g/mol. The normalized spacial score (nSPS) is 15.1. The molecule has 0 bridgehead atoms. The molecule has 7 heteroatoms. The fourth-order valence-corrected chi connectivity index (χ4v) is 4.27. The van der Waals surface area contributed by atoms with Gasteiger partial charge in [-0.25, -0.2) is 4.39 Å². The first-order chi connectivity index (χ1) is 16.6. The number of halogens is 1. The minimum Gasteiger partial charge on any atom is -0.489 e. The number of carbonyl (C=O) groups is 1. The Morgan fingerprint density at radius 2 is 1.82 bits per heavy atom. The van der Waals surface area contributed by atoms with Gasteiger partial charge in [-0.2, -0.15) is 0 Å². The fourth-order valence-electron chi connectivity index (χ4n) is 4.27. The standard InChI is InChI=1S/C27H22FNO5/c1-32-13-12-29-24(18-8-5-9-20(14-18)33-16-17-6-3-2-4-7-17)23-25(30)21-15-19(28)10-11-22(21)34-26(23)27(29)31/h2-11,14-15,24H,12-13,16H2,1H3. The van der Waals surface area contributed by atoms with Crippen LogP contribution in [-0.4, -0.2) is 31.1 Å². The Hall–Kier alpha value is -3.97. The largest absolute Gasteiger partial charge is 0.489 e. The third-order valence-corrected chi connectivity index (χ3v) is 5.89. The molecule has 1 aliphatic heterocycles. The summed E-state index contributed by atoms with van der Waals surface area (Å²) in [7, 11) is 1.54. The third kappa shape index (κ3) is 3.95. The highest BCUT2D eigenvalue weighted by Crippen LogP contribution is 2.39. The number of benzene rings is 3. The number of carbonyl (C=O) groups excluding carboxylic acids is 1. The number of hydrogen-bond donors (Lipinski definition) is 0. The van der Waals surface area contributed by atoms with Gasteiger partial charge in [0.15, 0.2) is 5.43 Å². The molecule has 1 aromatic heterocycles. The zero-order valence-corrected chi connectivity index (χ0v) is 18.5. The molecule has 4 aromatic rings. The van der Waals surface area contributed by atoms with E-state index in [4.69, 9.17) is 13.9 Å². The molecule has 0 radical (unpaired) electrons. The van der Waals surface area contributed by atoms with Crippen molar-refractivity contribution < 1.29 is 23.1 Å². The van der Waals surface area contributed by atoms with E-state index in [9.17, 15) is 14.0 Å². The predicted octanol–water partition coefficient (Wildman–Crippen LogP) is 4.70. The molecule has 1 aliphatic rings. The van der Waals surface area contributed by atoms with Gasteiger partial charge in [0.2, 0.25) is 5.76 Å². The molecule has 1 atom stereocenters. The molecule has 0 N–H and O–H groups in total. The quantitative estimate of drug-likeness (QED) is 0.401. The van der Waals surface area contributed by atoms with Gasteiger partial charge in [0.25, 0.3) is 5.91 Å². The zero-order chi connectivity index (χ0) is 23.7. The number of methoxy groups -OCH3 is 1. The van der Waals surface area contributed by atoms with Crippen molar-refractivity contribution in [3.63, 3.8) is 0 Å². The zero-order valence-electron chi connectivity index (χ0n) is 18.5. The lowest BCUT2D eigenvalue weighted by atomic mass is 9.98. The predicted molar refractivity (Wildman–Crippen MR) is 124 cm³/mol. The molecule has 1 amide bonds. The van der Waals surface area contributed by atoms with Crippen molar-refractivity contribution in [2.75, 3.05) is 20.3 Å². The van der Waals surface area contributed by atoms with Gasteiger partial charge in [-0.15, -0.1) is 0 Å². The smallest absolute Gasteiger partial charge is 0.290 e. The van der Waals surface area contributed by atoms with Crippen molar-refractivity contribution in [1.82, 2.24) is 4.90 Å². The number of amides is 1.